The number of nitriles is 1. The van der Waals surface area contributed by atoms with Gasteiger partial charge in [0.1, 0.15) is 11.8 Å². The predicted octanol–water partition coefficient (Wildman–Crippen LogP) is 2.05. The van der Waals surface area contributed by atoms with E-state index in [2.05, 4.69) is 9.97 Å². The minimum absolute atomic E-state index is 0.0749. The lowest BCUT2D eigenvalue weighted by Gasteiger charge is -2.03. The van der Waals surface area contributed by atoms with Crippen LogP contribution in [-0.4, -0.2) is 14.9 Å². The summed E-state index contributed by atoms with van der Waals surface area (Å²) in [7, 11) is 0. The second-order valence-corrected chi connectivity index (χ2v) is 3.21. The van der Waals surface area contributed by atoms with E-state index in [9.17, 15) is 10.1 Å². The van der Waals surface area contributed by atoms with Crippen LogP contribution in [0.15, 0.2) is 36.7 Å². The molecule has 7 nitrogen and oxygen atoms in total. The fourth-order valence-electron chi connectivity index (χ4n) is 1.21. The molecule has 0 fully saturated rings. The Morgan fingerprint density at radius 2 is 2.17 bits per heavy atom. The summed E-state index contributed by atoms with van der Waals surface area (Å²) < 4.78 is 5.28. The Balaban J connectivity index is 2.20. The van der Waals surface area contributed by atoms with Gasteiger partial charge >= 0.3 is 0 Å². The van der Waals surface area contributed by atoms with Crippen LogP contribution in [0.5, 0.6) is 11.6 Å². The van der Waals surface area contributed by atoms with Crippen LogP contribution in [0.1, 0.15) is 5.69 Å². The highest BCUT2D eigenvalue weighted by molar-refractivity contribution is 5.39. The van der Waals surface area contributed by atoms with E-state index in [0.717, 1.165) is 0 Å². The largest absolute Gasteiger partial charge is 0.437 e. The SMILES string of the molecule is N#Cc1cnc(Oc2cccc([N+](=O)[O-])c2)cn1. The van der Waals surface area contributed by atoms with E-state index in [-0.39, 0.29) is 23.0 Å². The number of nitrogens with zero attached hydrogens (tertiary/aromatic N) is 4. The smallest absolute Gasteiger partial charge is 0.273 e. The molecule has 7 heteroatoms. The van der Waals surface area contributed by atoms with Gasteiger partial charge in [0, 0.05) is 6.07 Å². The summed E-state index contributed by atoms with van der Waals surface area (Å²) in [6, 6.07) is 7.53. The normalized spacial score (nSPS) is 9.50. The summed E-state index contributed by atoms with van der Waals surface area (Å²) in [6.07, 6.45) is 2.53. The molecule has 0 atom stereocenters. The first-order chi connectivity index (χ1) is 8.69. The van der Waals surface area contributed by atoms with Crippen LogP contribution >= 0.6 is 0 Å². The summed E-state index contributed by atoms with van der Waals surface area (Å²) in [4.78, 5) is 17.7. The highest BCUT2D eigenvalue weighted by Crippen LogP contribution is 2.23. The van der Waals surface area contributed by atoms with Gasteiger partial charge in [0.15, 0.2) is 5.69 Å². The average Bonchev–Trinajstić information content (AvgIpc) is 2.40. The molecule has 1 heterocycles. The molecule has 0 N–H and O–H groups in total. The van der Waals surface area contributed by atoms with Crippen molar-refractivity contribution in [3.05, 3.63) is 52.5 Å². The van der Waals surface area contributed by atoms with Crippen molar-refractivity contribution in [3.63, 3.8) is 0 Å². The van der Waals surface area contributed by atoms with Crippen LogP contribution in [0.2, 0.25) is 0 Å². The minimum atomic E-state index is -0.517. The first kappa shape index (κ1) is 11.5. The van der Waals surface area contributed by atoms with Gasteiger partial charge < -0.3 is 4.74 Å². The molecule has 0 unspecified atom stereocenters. The number of aromatic nitrogens is 2. The third-order valence-corrected chi connectivity index (χ3v) is 1.99. The van der Waals surface area contributed by atoms with Crippen molar-refractivity contribution in [3.8, 4) is 17.7 Å². The molecule has 0 amide bonds. The highest BCUT2D eigenvalue weighted by atomic mass is 16.6. The van der Waals surface area contributed by atoms with E-state index in [0.29, 0.717) is 0 Å². The van der Waals surface area contributed by atoms with E-state index < -0.39 is 4.92 Å². The first-order valence-corrected chi connectivity index (χ1v) is 4.83. The van der Waals surface area contributed by atoms with Crippen LogP contribution < -0.4 is 4.74 Å². The summed E-state index contributed by atoms with van der Waals surface area (Å²) >= 11 is 0. The Morgan fingerprint density at radius 3 is 2.78 bits per heavy atom. The summed E-state index contributed by atoms with van der Waals surface area (Å²) in [6.45, 7) is 0. The summed E-state index contributed by atoms with van der Waals surface area (Å²) in [5.74, 6) is 0.442. The zero-order valence-corrected chi connectivity index (χ0v) is 8.98. The molecule has 0 saturated carbocycles. The second kappa shape index (κ2) is 4.88. The van der Waals surface area contributed by atoms with E-state index in [1.165, 1.54) is 30.6 Å². The number of hydrogen-bond donors (Lipinski definition) is 0. The minimum Gasteiger partial charge on any atom is -0.437 e. The van der Waals surface area contributed by atoms with Crippen molar-refractivity contribution in [2.75, 3.05) is 0 Å². The van der Waals surface area contributed by atoms with Crippen LogP contribution in [0.4, 0.5) is 5.69 Å². The molecule has 0 aliphatic carbocycles. The molecule has 0 aliphatic heterocycles. The topological polar surface area (TPSA) is 102 Å². The van der Waals surface area contributed by atoms with Crippen molar-refractivity contribution in [1.82, 2.24) is 9.97 Å². The average molecular weight is 242 g/mol. The Hall–Kier alpha value is -3.01. The van der Waals surface area contributed by atoms with Gasteiger partial charge in [-0.2, -0.15) is 5.26 Å². The number of hydrogen-bond acceptors (Lipinski definition) is 6. The van der Waals surface area contributed by atoms with Gasteiger partial charge in [0.05, 0.1) is 23.4 Å². The maximum Gasteiger partial charge on any atom is 0.273 e. The zero-order valence-electron chi connectivity index (χ0n) is 8.98. The lowest BCUT2D eigenvalue weighted by Crippen LogP contribution is -1.92. The molecule has 88 valence electrons. The number of nitro groups is 1. The lowest BCUT2D eigenvalue weighted by molar-refractivity contribution is -0.384. The number of ether oxygens (including phenoxy) is 1. The van der Waals surface area contributed by atoms with E-state index in [1.54, 1.807) is 6.07 Å². The van der Waals surface area contributed by atoms with Crippen LogP contribution in [0.25, 0.3) is 0 Å². The van der Waals surface area contributed by atoms with Gasteiger partial charge in [-0.15, -0.1) is 0 Å². The molecule has 2 aromatic rings. The van der Waals surface area contributed by atoms with Gasteiger partial charge in [-0.1, -0.05) is 6.07 Å². The third kappa shape index (κ3) is 2.56. The monoisotopic (exact) mass is 242 g/mol. The highest BCUT2D eigenvalue weighted by Gasteiger charge is 2.07. The van der Waals surface area contributed by atoms with Crippen LogP contribution in [0, 0.1) is 21.4 Å². The van der Waals surface area contributed by atoms with Gasteiger partial charge in [0.25, 0.3) is 5.69 Å². The summed E-state index contributed by atoms with van der Waals surface area (Å²) in [5.41, 5.74) is 0.0931. The Bertz CT molecular complexity index is 619. The quantitative estimate of drug-likeness (QED) is 0.602. The second-order valence-electron chi connectivity index (χ2n) is 3.21. The lowest BCUT2D eigenvalue weighted by atomic mass is 10.3. The number of non-ortho nitro benzene ring substituents is 1. The van der Waals surface area contributed by atoms with Crippen LogP contribution in [0.3, 0.4) is 0 Å². The molecule has 2 rings (SSSR count). The number of rotatable bonds is 3. The van der Waals surface area contributed by atoms with Gasteiger partial charge in [-0.05, 0) is 6.07 Å². The van der Waals surface area contributed by atoms with Crippen molar-refractivity contribution >= 4 is 5.69 Å². The molecule has 0 bridgehead atoms. The fraction of sp³-hybridized carbons (Fsp3) is 0. The van der Waals surface area contributed by atoms with Crippen molar-refractivity contribution < 1.29 is 9.66 Å². The molecular formula is C11H6N4O3. The molecule has 0 spiro atoms. The maximum atomic E-state index is 10.6. The van der Waals surface area contributed by atoms with Gasteiger partial charge in [0.2, 0.25) is 5.88 Å². The molecule has 0 aliphatic rings. The molecule has 0 saturated heterocycles. The number of nitro benzene ring substituents is 1. The van der Waals surface area contributed by atoms with E-state index >= 15 is 0 Å². The van der Waals surface area contributed by atoms with Gasteiger partial charge in [-0.25, -0.2) is 9.97 Å². The molecule has 1 aromatic heterocycles. The van der Waals surface area contributed by atoms with Crippen molar-refractivity contribution in [1.29, 1.82) is 5.26 Å². The first-order valence-electron chi connectivity index (χ1n) is 4.83. The molecule has 18 heavy (non-hydrogen) atoms. The Labute approximate surface area is 101 Å². The van der Waals surface area contributed by atoms with Crippen LogP contribution in [-0.2, 0) is 0 Å². The van der Waals surface area contributed by atoms with Crippen molar-refractivity contribution in [2.24, 2.45) is 0 Å². The van der Waals surface area contributed by atoms with Gasteiger partial charge in [-0.3, -0.25) is 10.1 Å². The van der Waals surface area contributed by atoms with E-state index in [4.69, 9.17) is 10.00 Å². The predicted molar refractivity (Wildman–Crippen MR) is 59.9 cm³/mol. The maximum absolute atomic E-state index is 10.6. The third-order valence-electron chi connectivity index (χ3n) is 1.99. The summed E-state index contributed by atoms with van der Waals surface area (Å²) in [5, 5.41) is 19.1. The number of benzene rings is 1. The molecule has 1 aromatic carbocycles. The Morgan fingerprint density at radius 1 is 1.33 bits per heavy atom. The molecular weight excluding hydrogens is 236 g/mol. The standard InChI is InChI=1S/C11H6N4O3/c12-5-8-6-14-11(7-13-8)18-10-3-1-2-9(4-10)15(16)17/h1-4,6-7H. The van der Waals surface area contributed by atoms with E-state index in [1.807, 2.05) is 6.07 Å². The fourth-order valence-corrected chi connectivity index (χ4v) is 1.21. The Kier molecular flexibility index (Phi) is 3.11. The molecule has 0 radical (unpaired) electrons. The van der Waals surface area contributed by atoms with Crippen molar-refractivity contribution in [2.45, 2.75) is 0 Å². The zero-order chi connectivity index (χ0) is 13.0.